The van der Waals surface area contributed by atoms with E-state index in [1.54, 1.807) is 0 Å². The van der Waals surface area contributed by atoms with Crippen LogP contribution in [0.1, 0.15) is 32.1 Å². The zero-order chi connectivity index (χ0) is 10.8. The van der Waals surface area contributed by atoms with Crippen molar-refractivity contribution in [3.05, 3.63) is 12.2 Å². The first-order valence-electron chi connectivity index (χ1n) is 6.81. The molecule has 0 aromatic heterocycles. The van der Waals surface area contributed by atoms with Crippen LogP contribution in [0.15, 0.2) is 12.2 Å². The lowest BCUT2D eigenvalue weighted by Gasteiger charge is -2.20. The van der Waals surface area contributed by atoms with E-state index >= 15 is 0 Å². The van der Waals surface area contributed by atoms with Crippen molar-refractivity contribution in [1.82, 2.24) is 0 Å². The molecule has 3 rings (SSSR count). The van der Waals surface area contributed by atoms with Crippen LogP contribution in [-0.2, 0) is 9.31 Å². The first kappa shape index (κ1) is 10.9. The maximum absolute atomic E-state index is 5.53. The predicted molar refractivity (Wildman–Crippen MR) is 65.2 cm³/mol. The van der Waals surface area contributed by atoms with Crippen molar-refractivity contribution in [1.29, 1.82) is 0 Å². The summed E-state index contributed by atoms with van der Waals surface area (Å²) in [5.74, 6) is 2.90. The first-order chi connectivity index (χ1) is 7.92. The predicted octanol–water partition coefficient (Wildman–Crippen LogP) is 2.90. The molecule has 1 saturated heterocycles. The number of hydrogen-bond donors (Lipinski definition) is 0. The van der Waals surface area contributed by atoms with Gasteiger partial charge in [0.05, 0.1) is 0 Å². The Morgan fingerprint density at radius 1 is 1.12 bits per heavy atom. The number of fused-ring (bicyclic) bond motifs is 2. The first-order valence-corrected chi connectivity index (χ1v) is 6.81. The second-order valence-electron chi connectivity index (χ2n) is 5.53. The van der Waals surface area contributed by atoms with Crippen molar-refractivity contribution >= 4 is 7.12 Å². The molecule has 2 bridgehead atoms. The molecule has 3 heteroatoms. The van der Waals surface area contributed by atoms with E-state index in [0.717, 1.165) is 43.7 Å². The molecular weight excluding hydrogens is 199 g/mol. The fraction of sp³-hybridized carbons (Fsp3) is 0.846. The van der Waals surface area contributed by atoms with Crippen LogP contribution in [0.4, 0.5) is 0 Å². The smallest absolute Gasteiger partial charge is 0.411 e. The Labute approximate surface area is 98.5 Å². The molecule has 2 nitrogen and oxygen atoms in total. The molecule has 88 valence electrons. The summed E-state index contributed by atoms with van der Waals surface area (Å²) in [5, 5.41) is 0. The van der Waals surface area contributed by atoms with Gasteiger partial charge >= 0.3 is 7.12 Å². The molecule has 1 heterocycles. The van der Waals surface area contributed by atoms with Gasteiger partial charge in [0.25, 0.3) is 0 Å². The quantitative estimate of drug-likeness (QED) is 0.537. The van der Waals surface area contributed by atoms with Gasteiger partial charge in [0.2, 0.25) is 0 Å². The van der Waals surface area contributed by atoms with Crippen LogP contribution in [0.25, 0.3) is 0 Å². The van der Waals surface area contributed by atoms with Crippen LogP contribution < -0.4 is 0 Å². The number of hydrogen-bond acceptors (Lipinski definition) is 2. The summed E-state index contributed by atoms with van der Waals surface area (Å²) in [6.07, 6.45) is 12.6. The second kappa shape index (κ2) is 4.93. The molecule has 0 amide bonds. The summed E-state index contributed by atoms with van der Waals surface area (Å²) in [6.45, 7) is 1.74. The average Bonchev–Trinajstić information content (AvgIpc) is 2.92. The summed E-state index contributed by atoms with van der Waals surface area (Å²) < 4.78 is 11.1. The fourth-order valence-electron chi connectivity index (χ4n) is 3.57. The summed E-state index contributed by atoms with van der Waals surface area (Å²) in [4.78, 5) is 0. The summed E-state index contributed by atoms with van der Waals surface area (Å²) >= 11 is 0. The molecule has 0 unspecified atom stereocenters. The average molecular weight is 220 g/mol. The van der Waals surface area contributed by atoms with Gasteiger partial charge in [-0.3, -0.25) is 0 Å². The van der Waals surface area contributed by atoms with E-state index in [1.807, 2.05) is 0 Å². The highest BCUT2D eigenvalue weighted by molar-refractivity contribution is 6.45. The topological polar surface area (TPSA) is 18.5 Å². The van der Waals surface area contributed by atoms with Crippen molar-refractivity contribution in [3.8, 4) is 0 Å². The Kier molecular flexibility index (Phi) is 3.34. The van der Waals surface area contributed by atoms with Gasteiger partial charge in [0.1, 0.15) is 0 Å². The Hall–Kier alpha value is -0.275. The van der Waals surface area contributed by atoms with Gasteiger partial charge in [-0.15, -0.1) is 0 Å². The lowest BCUT2D eigenvalue weighted by atomic mass is 9.81. The maximum atomic E-state index is 5.53. The molecule has 3 atom stereocenters. The van der Waals surface area contributed by atoms with Gasteiger partial charge in [-0.2, -0.15) is 0 Å². The van der Waals surface area contributed by atoms with Crippen molar-refractivity contribution in [2.75, 3.05) is 13.2 Å². The molecule has 0 N–H and O–H groups in total. The monoisotopic (exact) mass is 220 g/mol. The standard InChI is InChI=1S/C13H21BO2/c1(6-14-15-7-2-8-16-14)3-12-9-11-4-5-13(12)10-11/h1,3,11-13H,2,4-10H2/b3-1+/t11-,12-,13-/m0/s1. The van der Waals surface area contributed by atoms with E-state index < -0.39 is 0 Å². The van der Waals surface area contributed by atoms with E-state index in [4.69, 9.17) is 9.31 Å². The molecule has 2 saturated carbocycles. The minimum Gasteiger partial charge on any atom is -0.411 e. The fourth-order valence-corrected chi connectivity index (χ4v) is 3.57. The third-order valence-corrected chi connectivity index (χ3v) is 4.40. The van der Waals surface area contributed by atoms with Crippen molar-refractivity contribution in [2.24, 2.45) is 17.8 Å². The van der Waals surface area contributed by atoms with Crippen LogP contribution >= 0.6 is 0 Å². The summed E-state index contributed by atoms with van der Waals surface area (Å²) in [7, 11) is 0.0311. The molecule has 0 aromatic carbocycles. The van der Waals surface area contributed by atoms with E-state index in [0.29, 0.717) is 0 Å². The largest absolute Gasteiger partial charge is 0.460 e. The summed E-state index contributed by atoms with van der Waals surface area (Å²) in [5.41, 5.74) is 0. The minimum atomic E-state index is 0.0311. The van der Waals surface area contributed by atoms with Gasteiger partial charge in [-0.1, -0.05) is 18.6 Å². The molecule has 0 spiro atoms. The number of rotatable bonds is 3. The van der Waals surface area contributed by atoms with Crippen LogP contribution in [-0.4, -0.2) is 20.3 Å². The van der Waals surface area contributed by atoms with Crippen LogP contribution in [0.5, 0.6) is 0 Å². The molecule has 16 heavy (non-hydrogen) atoms. The Morgan fingerprint density at radius 2 is 2.00 bits per heavy atom. The molecule has 0 radical (unpaired) electrons. The van der Waals surface area contributed by atoms with Crippen molar-refractivity contribution < 1.29 is 9.31 Å². The highest BCUT2D eigenvalue weighted by Crippen LogP contribution is 2.48. The van der Waals surface area contributed by atoms with Crippen LogP contribution in [0, 0.1) is 17.8 Å². The Balaban J connectivity index is 1.44. The van der Waals surface area contributed by atoms with Crippen LogP contribution in [0.3, 0.4) is 0 Å². The Morgan fingerprint density at radius 3 is 2.69 bits per heavy atom. The van der Waals surface area contributed by atoms with E-state index in [-0.39, 0.29) is 7.12 Å². The zero-order valence-corrected chi connectivity index (χ0v) is 9.94. The molecule has 3 aliphatic rings. The summed E-state index contributed by atoms with van der Waals surface area (Å²) in [6, 6.07) is 0. The lowest BCUT2D eigenvalue weighted by Crippen LogP contribution is -2.28. The SMILES string of the molecule is C(=C\[C@H]1C[C@@H]2CC[C@H]1C2)/CB1OCCCO1. The Bertz CT molecular complexity index is 261. The highest BCUT2D eigenvalue weighted by atomic mass is 16.6. The molecule has 3 fully saturated rings. The van der Waals surface area contributed by atoms with Gasteiger partial charge < -0.3 is 9.31 Å². The van der Waals surface area contributed by atoms with Crippen LogP contribution in [0.2, 0.25) is 6.32 Å². The molecular formula is C13H21BO2. The normalized spacial score (nSPS) is 38.8. The molecule has 0 aromatic rings. The molecule has 2 aliphatic carbocycles. The van der Waals surface area contributed by atoms with Crippen molar-refractivity contribution in [2.45, 2.75) is 38.4 Å². The van der Waals surface area contributed by atoms with Crippen molar-refractivity contribution in [3.63, 3.8) is 0 Å². The van der Waals surface area contributed by atoms with E-state index in [1.165, 1.54) is 25.7 Å². The van der Waals surface area contributed by atoms with Gasteiger partial charge in [-0.25, -0.2) is 0 Å². The maximum Gasteiger partial charge on any atom is 0.460 e. The zero-order valence-electron chi connectivity index (χ0n) is 9.94. The number of allylic oxidation sites excluding steroid dienone is 2. The van der Waals surface area contributed by atoms with Gasteiger partial charge in [0, 0.05) is 19.5 Å². The van der Waals surface area contributed by atoms with Gasteiger partial charge in [0.15, 0.2) is 0 Å². The third kappa shape index (κ3) is 2.35. The van der Waals surface area contributed by atoms with E-state index in [2.05, 4.69) is 12.2 Å². The lowest BCUT2D eigenvalue weighted by molar-refractivity contribution is 0.136. The third-order valence-electron chi connectivity index (χ3n) is 4.40. The van der Waals surface area contributed by atoms with E-state index in [9.17, 15) is 0 Å². The van der Waals surface area contributed by atoms with Gasteiger partial charge in [-0.05, 0) is 43.4 Å². The second-order valence-corrected chi connectivity index (χ2v) is 5.53. The minimum absolute atomic E-state index is 0.0311. The highest BCUT2D eigenvalue weighted by Gasteiger charge is 2.37. The molecule has 1 aliphatic heterocycles.